The molecule has 0 unspecified atom stereocenters. The summed E-state index contributed by atoms with van der Waals surface area (Å²) < 4.78 is 26.0. The van der Waals surface area contributed by atoms with E-state index in [0.29, 0.717) is 5.56 Å². The summed E-state index contributed by atoms with van der Waals surface area (Å²) in [6.45, 7) is 1.61. The first kappa shape index (κ1) is 13.9. The lowest BCUT2D eigenvalue weighted by molar-refractivity contribution is 0.0938. The molecule has 2 N–H and O–H groups in total. The smallest absolute Gasteiger partial charge is 0.260 e. The summed E-state index contributed by atoms with van der Waals surface area (Å²) in [5.41, 5.74) is -0.144. The number of hydrogen-bond acceptors (Lipinski definition) is 2. The third-order valence-electron chi connectivity index (χ3n) is 2.85. The van der Waals surface area contributed by atoms with Gasteiger partial charge in [-0.2, -0.15) is 0 Å². The molecule has 2 aromatic rings. The molecule has 1 amide bonds. The van der Waals surface area contributed by atoms with Crippen molar-refractivity contribution in [3.8, 4) is 0 Å². The van der Waals surface area contributed by atoms with Crippen LogP contribution < -0.4 is 10.9 Å². The summed E-state index contributed by atoms with van der Waals surface area (Å²) in [4.78, 5) is 25.7. The van der Waals surface area contributed by atoms with Gasteiger partial charge in [0.1, 0.15) is 5.56 Å². The zero-order valence-electron chi connectivity index (χ0n) is 10.6. The van der Waals surface area contributed by atoms with Crippen LogP contribution in [0.15, 0.2) is 41.3 Å². The summed E-state index contributed by atoms with van der Waals surface area (Å²) in [5, 5.41) is 2.55. The van der Waals surface area contributed by atoms with Crippen molar-refractivity contribution < 1.29 is 13.6 Å². The normalized spacial score (nSPS) is 11.9. The molecule has 0 saturated heterocycles. The maximum atomic E-state index is 13.1. The molecule has 0 aliphatic rings. The predicted molar refractivity (Wildman–Crippen MR) is 69.3 cm³/mol. The number of pyridine rings is 1. The van der Waals surface area contributed by atoms with Crippen LogP contribution in [0.3, 0.4) is 0 Å². The fourth-order valence-electron chi connectivity index (χ4n) is 1.74. The van der Waals surface area contributed by atoms with Gasteiger partial charge in [-0.05, 0) is 36.8 Å². The highest BCUT2D eigenvalue weighted by molar-refractivity contribution is 5.93. The van der Waals surface area contributed by atoms with Crippen LogP contribution in [0.25, 0.3) is 0 Å². The standard InChI is InChI=1S/C14H12F2N2O2/c1-8(9-4-5-11(15)12(16)7-9)18-14(20)10-3-2-6-17-13(10)19/h2-8H,1H3,(H,17,19)(H,18,20)/t8-/m1/s1. The molecule has 0 saturated carbocycles. The van der Waals surface area contributed by atoms with Crippen LogP contribution >= 0.6 is 0 Å². The van der Waals surface area contributed by atoms with Crippen molar-refractivity contribution in [1.82, 2.24) is 10.3 Å². The van der Waals surface area contributed by atoms with Gasteiger partial charge < -0.3 is 10.3 Å². The predicted octanol–water partition coefficient (Wildman–Crippen LogP) is 2.14. The number of aromatic amines is 1. The maximum Gasteiger partial charge on any atom is 0.260 e. The molecule has 0 aliphatic carbocycles. The number of hydrogen-bond donors (Lipinski definition) is 2. The van der Waals surface area contributed by atoms with Gasteiger partial charge in [0.2, 0.25) is 0 Å². The molecular weight excluding hydrogens is 266 g/mol. The molecule has 1 aromatic heterocycles. The molecule has 0 radical (unpaired) electrons. The third kappa shape index (κ3) is 2.90. The molecule has 0 aliphatic heterocycles. The quantitative estimate of drug-likeness (QED) is 0.903. The van der Waals surface area contributed by atoms with Crippen LogP contribution in [0.1, 0.15) is 28.9 Å². The van der Waals surface area contributed by atoms with Crippen LogP contribution in [-0.4, -0.2) is 10.9 Å². The van der Waals surface area contributed by atoms with E-state index in [0.717, 1.165) is 12.1 Å². The lowest BCUT2D eigenvalue weighted by atomic mass is 10.1. The summed E-state index contributed by atoms with van der Waals surface area (Å²) >= 11 is 0. The van der Waals surface area contributed by atoms with Crippen molar-refractivity contribution in [2.45, 2.75) is 13.0 Å². The molecule has 0 bridgehead atoms. The average Bonchev–Trinajstić information content (AvgIpc) is 2.42. The summed E-state index contributed by atoms with van der Waals surface area (Å²) in [6.07, 6.45) is 1.41. The van der Waals surface area contributed by atoms with E-state index in [9.17, 15) is 18.4 Å². The van der Waals surface area contributed by atoms with Gasteiger partial charge in [0.15, 0.2) is 11.6 Å². The van der Waals surface area contributed by atoms with Crippen molar-refractivity contribution in [2.24, 2.45) is 0 Å². The van der Waals surface area contributed by atoms with Gasteiger partial charge in [0.25, 0.3) is 11.5 Å². The zero-order chi connectivity index (χ0) is 14.7. The number of benzene rings is 1. The number of halogens is 2. The number of rotatable bonds is 3. The molecule has 1 heterocycles. The number of nitrogens with one attached hydrogen (secondary N) is 2. The average molecular weight is 278 g/mol. The van der Waals surface area contributed by atoms with Crippen LogP contribution in [0.5, 0.6) is 0 Å². The lowest BCUT2D eigenvalue weighted by Gasteiger charge is -2.14. The number of carbonyl (C=O) groups is 1. The maximum absolute atomic E-state index is 13.1. The minimum Gasteiger partial charge on any atom is -0.345 e. The minimum absolute atomic E-state index is 0.0399. The van der Waals surface area contributed by atoms with E-state index >= 15 is 0 Å². The van der Waals surface area contributed by atoms with Gasteiger partial charge in [-0.15, -0.1) is 0 Å². The van der Waals surface area contributed by atoms with Crippen molar-refractivity contribution in [1.29, 1.82) is 0 Å². The van der Waals surface area contributed by atoms with Gasteiger partial charge in [-0.3, -0.25) is 9.59 Å². The molecule has 0 spiro atoms. The van der Waals surface area contributed by atoms with E-state index in [2.05, 4.69) is 10.3 Å². The Morgan fingerprint density at radius 1 is 1.25 bits per heavy atom. The zero-order valence-corrected chi connectivity index (χ0v) is 10.6. The summed E-state index contributed by atoms with van der Waals surface area (Å²) in [7, 11) is 0. The summed E-state index contributed by atoms with van der Waals surface area (Å²) in [6, 6.07) is 5.72. The highest BCUT2D eigenvalue weighted by Gasteiger charge is 2.15. The molecular formula is C14H12F2N2O2. The Kier molecular flexibility index (Phi) is 3.93. The molecule has 0 fully saturated rings. The largest absolute Gasteiger partial charge is 0.345 e. The Balaban J connectivity index is 2.17. The Hall–Kier alpha value is -2.50. The third-order valence-corrected chi connectivity index (χ3v) is 2.85. The molecule has 4 nitrogen and oxygen atoms in total. The highest BCUT2D eigenvalue weighted by atomic mass is 19.2. The van der Waals surface area contributed by atoms with E-state index in [-0.39, 0.29) is 5.56 Å². The molecule has 1 aromatic carbocycles. The lowest BCUT2D eigenvalue weighted by Crippen LogP contribution is -2.31. The van der Waals surface area contributed by atoms with Crippen LogP contribution in [0.4, 0.5) is 8.78 Å². The molecule has 1 atom stereocenters. The van der Waals surface area contributed by atoms with Crippen molar-refractivity contribution in [3.05, 3.63) is 69.6 Å². The number of H-pyrrole nitrogens is 1. The van der Waals surface area contributed by atoms with E-state index in [1.54, 1.807) is 6.92 Å². The van der Waals surface area contributed by atoms with Crippen LogP contribution in [-0.2, 0) is 0 Å². The number of carbonyl (C=O) groups excluding carboxylic acids is 1. The first-order chi connectivity index (χ1) is 9.49. The number of aromatic nitrogens is 1. The first-order valence-corrected chi connectivity index (χ1v) is 5.92. The van der Waals surface area contributed by atoms with Gasteiger partial charge >= 0.3 is 0 Å². The molecule has 6 heteroatoms. The second-order valence-electron chi connectivity index (χ2n) is 4.28. The molecule has 20 heavy (non-hydrogen) atoms. The Bertz CT molecular complexity index is 698. The van der Waals surface area contributed by atoms with Crippen molar-refractivity contribution >= 4 is 5.91 Å². The van der Waals surface area contributed by atoms with Crippen LogP contribution in [0.2, 0.25) is 0 Å². The van der Waals surface area contributed by atoms with Gasteiger partial charge in [0, 0.05) is 6.20 Å². The van der Waals surface area contributed by atoms with Gasteiger partial charge in [-0.25, -0.2) is 8.78 Å². The Morgan fingerprint density at radius 3 is 2.65 bits per heavy atom. The fourth-order valence-corrected chi connectivity index (χ4v) is 1.74. The fraction of sp³-hybridized carbons (Fsp3) is 0.143. The number of amides is 1. The van der Waals surface area contributed by atoms with E-state index in [4.69, 9.17) is 0 Å². The van der Waals surface area contributed by atoms with Crippen molar-refractivity contribution in [2.75, 3.05) is 0 Å². The minimum atomic E-state index is -0.985. The first-order valence-electron chi connectivity index (χ1n) is 5.92. The Labute approximate surface area is 113 Å². The topological polar surface area (TPSA) is 62.0 Å². The SMILES string of the molecule is C[C@@H](NC(=O)c1ccc[nH]c1=O)c1ccc(F)c(F)c1. The monoisotopic (exact) mass is 278 g/mol. The van der Waals surface area contributed by atoms with E-state index in [1.807, 2.05) is 0 Å². The van der Waals surface area contributed by atoms with Crippen molar-refractivity contribution in [3.63, 3.8) is 0 Å². The second-order valence-corrected chi connectivity index (χ2v) is 4.28. The molecule has 2 rings (SSSR count). The van der Waals surface area contributed by atoms with Gasteiger partial charge in [0.05, 0.1) is 6.04 Å². The van der Waals surface area contributed by atoms with E-state index in [1.165, 1.54) is 24.4 Å². The summed E-state index contributed by atoms with van der Waals surface area (Å²) in [5.74, 6) is -2.52. The molecule has 104 valence electrons. The van der Waals surface area contributed by atoms with Crippen LogP contribution in [0, 0.1) is 11.6 Å². The van der Waals surface area contributed by atoms with E-state index < -0.39 is 29.1 Å². The second kappa shape index (κ2) is 5.64. The van der Waals surface area contributed by atoms with Gasteiger partial charge in [-0.1, -0.05) is 6.07 Å². The highest BCUT2D eigenvalue weighted by Crippen LogP contribution is 2.16. The Morgan fingerprint density at radius 2 is 2.00 bits per heavy atom.